The molecule has 5 heteroatoms. The zero-order chi connectivity index (χ0) is 13.6. The zero-order valence-corrected chi connectivity index (χ0v) is 11.0. The van der Waals surface area contributed by atoms with Gasteiger partial charge in [0.05, 0.1) is 11.4 Å². The fourth-order valence-corrected chi connectivity index (χ4v) is 3.04. The molecule has 19 heavy (non-hydrogen) atoms. The Morgan fingerprint density at radius 1 is 1.37 bits per heavy atom. The number of nitrogen functional groups attached to an aromatic ring is 1. The van der Waals surface area contributed by atoms with Crippen LogP contribution in [0, 0.1) is 12.7 Å². The summed E-state index contributed by atoms with van der Waals surface area (Å²) < 4.78 is 13.4. The molecule has 2 aliphatic heterocycles. The minimum Gasteiger partial charge on any atom is -0.397 e. The third kappa shape index (κ3) is 2.03. The fourth-order valence-electron chi connectivity index (χ4n) is 3.04. The summed E-state index contributed by atoms with van der Waals surface area (Å²) in [5, 5.41) is 0. The predicted octanol–water partition coefficient (Wildman–Crippen LogP) is 1.53. The van der Waals surface area contributed by atoms with Crippen molar-refractivity contribution in [2.75, 3.05) is 30.3 Å². The fraction of sp³-hybridized carbons (Fsp3) is 0.500. The quantitative estimate of drug-likeness (QED) is 0.782. The van der Waals surface area contributed by atoms with Gasteiger partial charge in [0.15, 0.2) is 0 Å². The molecule has 2 fully saturated rings. The number of anilines is 2. The minimum absolute atomic E-state index is 0.257. The van der Waals surface area contributed by atoms with Crippen LogP contribution in [0.3, 0.4) is 0 Å². The number of benzene rings is 1. The average molecular weight is 263 g/mol. The molecule has 1 aromatic rings. The Morgan fingerprint density at radius 2 is 2.16 bits per heavy atom. The van der Waals surface area contributed by atoms with Gasteiger partial charge in [-0.1, -0.05) is 0 Å². The van der Waals surface area contributed by atoms with Gasteiger partial charge >= 0.3 is 0 Å². The maximum atomic E-state index is 13.4. The highest BCUT2D eigenvalue weighted by Crippen LogP contribution is 2.31. The largest absolute Gasteiger partial charge is 0.397 e. The van der Waals surface area contributed by atoms with E-state index in [-0.39, 0.29) is 17.8 Å². The van der Waals surface area contributed by atoms with E-state index >= 15 is 0 Å². The topological polar surface area (TPSA) is 49.6 Å². The maximum Gasteiger partial charge on any atom is 0.223 e. The Bertz CT molecular complexity index is 532. The van der Waals surface area contributed by atoms with E-state index in [0.717, 1.165) is 31.7 Å². The smallest absolute Gasteiger partial charge is 0.223 e. The summed E-state index contributed by atoms with van der Waals surface area (Å²) in [7, 11) is 0. The van der Waals surface area contributed by atoms with Crippen molar-refractivity contribution in [3.8, 4) is 0 Å². The van der Waals surface area contributed by atoms with Crippen molar-refractivity contribution in [1.82, 2.24) is 4.90 Å². The lowest BCUT2D eigenvalue weighted by atomic mass is 10.1. The highest BCUT2D eigenvalue weighted by molar-refractivity contribution is 5.79. The van der Waals surface area contributed by atoms with Crippen LogP contribution < -0.4 is 10.6 Å². The van der Waals surface area contributed by atoms with E-state index in [1.54, 1.807) is 13.0 Å². The molecule has 0 saturated carbocycles. The molecule has 1 aromatic carbocycles. The molecule has 0 radical (unpaired) electrons. The summed E-state index contributed by atoms with van der Waals surface area (Å²) in [5.74, 6) is -0.0103. The first kappa shape index (κ1) is 12.3. The second-order valence-electron chi connectivity index (χ2n) is 5.39. The van der Waals surface area contributed by atoms with Crippen molar-refractivity contribution >= 4 is 17.3 Å². The van der Waals surface area contributed by atoms with Crippen molar-refractivity contribution in [3.05, 3.63) is 23.5 Å². The van der Waals surface area contributed by atoms with Crippen LogP contribution in [0.2, 0.25) is 0 Å². The summed E-state index contributed by atoms with van der Waals surface area (Å²) in [6.45, 7) is 4.03. The second kappa shape index (κ2) is 4.40. The Balaban J connectivity index is 1.84. The van der Waals surface area contributed by atoms with E-state index in [4.69, 9.17) is 5.73 Å². The number of carbonyl (C=O) groups excluding carboxylic acids is 1. The molecule has 0 aromatic heterocycles. The third-order valence-corrected chi connectivity index (χ3v) is 4.14. The van der Waals surface area contributed by atoms with Crippen LogP contribution in [0.4, 0.5) is 15.8 Å². The number of nitrogens with two attached hydrogens (primary N) is 1. The molecule has 1 atom stereocenters. The number of aryl methyl sites for hydroxylation is 1. The van der Waals surface area contributed by atoms with E-state index in [0.29, 0.717) is 17.7 Å². The molecule has 1 amide bonds. The van der Waals surface area contributed by atoms with Crippen LogP contribution in [0.1, 0.15) is 18.4 Å². The monoisotopic (exact) mass is 263 g/mol. The van der Waals surface area contributed by atoms with Gasteiger partial charge in [-0.3, -0.25) is 4.79 Å². The number of amides is 1. The van der Waals surface area contributed by atoms with Gasteiger partial charge in [0.1, 0.15) is 5.82 Å². The number of rotatable bonds is 1. The molecule has 2 saturated heterocycles. The Morgan fingerprint density at radius 3 is 2.95 bits per heavy atom. The van der Waals surface area contributed by atoms with E-state index < -0.39 is 0 Å². The molecule has 102 valence electrons. The molecule has 0 aliphatic carbocycles. The Hall–Kier alpha value is -1.78. The lowest BCUT2D eigenvalue weighted by Crippen LogP contribution is -2.51. The number of halogens is 1. The third-order valence-electron chi connectivity index (χ3n) is 4.14. The highest BCUT2D eigenvalue weighted by atomic mass is 19.1. The molecule has 2 N–H and O–H groups in total. The van der Waals surface area contributed by atoms with Gasteiger partial charge in [-0.2, -0.15) is 0 Å². The van der Waals surface area contributed by atoms with Crippen molar-refractivity contribution in [2.24, 2.45) is 0 Å². The van der Waals surface area contributed by atoms with Gasteiger partial charge < -0.3 is 15.5 Å². The lowest BCUT2D eigenvalue weighted by molar-refractivity contribution is -0.129. The molecule has 0 spiro atoms. The first-order valence-corrected chi connectivity index (χ1v) is 6.66. The molecule has 3 rings (SSSR count). The van der Waals surface area contributed by atoms with Crippen molar-refractivity contribution < 1.29 is 9.18 Å². The van der Waals surface area contributed by atoms with Crippen LogP contribution in [-0.2, 0) is 4.79 Å². The summed E-state index contributed by atoms with van der Waals surface area (Å²) in [4.78, 5) is 15.8. The SMILES string of the molecule is Cc1cc(N2CCN3C(=O)CCC3C2)c(N)cc1F. The van der Waals surface area contributed by atoms with Gasteiger partial charge in [0.25, 0.3) is 0 Å². The number of carbonyl (C=O) groups is 1. The number of hydrogen-bond acceptors (Lipinski definition) is 3. The van der Waals surface area contributed by atoms with Gasteiger partial charge in [0.2, 0.25) is 5.91 Å². The van der Waals surface area contributed by atoms with Crippen LogP contribution >= 0.6 is 0 Å². The van der Waals surface area contributed by atoms with Crippen molar-refractivity contribution in [3.63, 3.8) is 0 Å². The van der Waals surface area contributed by atoms with Crippen LogP contribution in [0.25, 0.3) is 0 Å². The zero-order valence-electron chi connectivity index (χ0n) is 11.0. The summed E-state index contributed by atoms with van der Waals surface area (Å²) >= 11 is 0. The molecule has 2 heterocycles. The first-order chi connectivity index (χ1) is 9.06. The molecule has 2 aliphatic rings. The highest BCUT2D eigenvalue weighted by Gasteiger charge is 2.35. The minimum atomic E-state index is -0.268. The standard InChI is InChI=1S/C14H18FN3O/c1-9-6-13(12(16)7-11(9)15)17-4-5-18-10(8-17)2-3-14(18)19/h6-7,10H,2-5,8,16H2,1H3. The van der Waals surface area contributed by atoms with Crippen molar-refractivity contribution in [2.45, 2.75) is 25.8 Å². The normalized spacial score (nSPS) is 22.8. The van der Waals surface area contributed by atoms with Gasteiger partial charge in [-0.15, -0.1) is 0 Å². The average Bonchev–Trinajstić information content (AvgIpc) is 2.75. The predicted molar refractivity (Wildman–Crippen MR) is 72.5 cm³/mol. The van der Waals surface area contributed by atoms with E-state index in [1.807, 2.05) is 4.90 Å². The van der Waals surface area contributed by atoms with E-state index in [9.17, 15) is 9.18 Å². The van der Waals surface area contributed by atoms with E-state index in [2.05, 4.69) is 4.90 Å². The van der Waals surface area contributed by atoms with Crippen molar-refractivity contribution in [1.29, 1.82) is 0 Å². The van der Waals surface area contributed by atoms with Crippen LogP contribution in [0.15, 0.2) is 12.1 Å². The Kier molecular flexibility index (Phi) is 2.84. The molecule has 0 bridgehead atoms. The number of nitrogens with zero attached hydrogens (tertiary/aromatic N) is 2. The maximum absolute atomic E-state index is 13.4. The second-order valence-corrected chi connectivity index (χ2v) is 5.39. The van der Waals surface area contributed by atoms with Gasteiger partial charge in [0, 0.05) is 32.1 Å². The summed E-state index contributed by atoms with van der Waals surface area (Å²) in [5.41, 5.74) is 7.89. The Labute approximate surface area is 112 Å². The number of fused-ring (bicyclic) bond motifs is 1. The molecular formula is C14H18FN3O. The summed E-state index contributed by atoms with van der Waals surface area (Å²) in [6, 6.07) is 3.47. The molecule has 4 nitrogen and oxygen atoms in total. The van der Waals surface area contributed by atoms with Crippen LogP contribution in [-0.4, -0.2) is 36.5 Å². The number of hydrogen-bond donors (Lipinski definition) is 1. The van der Waals surface area contributed by atoms with Gasteiger partial charge in [-0.05, 0) is 31.0 Å². The number of piperazine rings is 1. The first-order valence-electron chi connectivity index (χ1n) is 6.66. The summed E-state index contributed by atoms with van der Waals surface area (Å²) in [6.07, 6.45) is 1.56. The van der Waals surface area contributed by atoms with Crippen LogP contribution in [0.5, 0.6) is 0 Å². The molecule has 1 unspecified atom stereocenters. The van der Waals surface area contributed by atoms with E-state index in [1.165, 1.54) is 6.07 Å². The molecular weight excluding hydrogens is 245 g/mol. The lowest BCUT2D eigenvalue weighted by Gasteiger charge is -2.39. The van der Waals surface area contributed by atoms with Gasteiger partial charge in [-0.25, -0.2) is 4.39 Å².